The van der Waals surface area contributed by atoms with Gasteiger partial charge in [0.1, 0.15) is 11.8 Å². The number of likely N-dealkylation sites (tertiary alicyclic amines) is 1. The zero-order valence-electron chi connectivity index (χ0n) is 16.1. The number of nitrogens with zero attached hydrogens (tertiary/aromatic N) is 3. The van der Waals surface area contributed by atoms with Gasteiger partial charge in [-0.2, -0.15) is 0 Å². The second kappa shape index (κ2) is 8.46. The number of furan rings is 1. The number of pyridine rings is 1. The Hall–Kier alpha value is -3.16. The van der Waals surface area contributed by atoms with E-state index in [1.807, 2.05) is 23.2 Å². The zero-order chi connectivity index (χ0) is 20.2. The van der Waals surface area contributed by atoms with Crippen LogP contribution in [0.5, 0.6) is 0 Å². The molecule has 0 aromatic carbocycles. The van der Waals surface area contributed by atoms with E-state index in [0.29, 0.717) is 12.3 Å². The van der Waals surface area contributed by atoms with Gasteiger partial charge in [-0.1, -0.05) is 6.07 Å². The smallest absolute Gasteiger partial charge is 0.325 e. The number of piperidine rings is 1. The third kappa shape index (κ3) is 4.16. The molecular weight excluding hydrogens is 372 g/mol. The molecule has 0 bridgehead atoms. The van der Waals surface area contributed by atoms with Crippen LogP contribution in [-0.4, -0.2) is 45.2 Å². The number of hydrogen-bond acceptors (Lipinski definition) is 5. The normalized spacial score (nSPS) is 22.1. The van der Waals surface area contributed by atoms with Crippen LogP contribution in [-0.2, 0) is 16.1 Å². The fourth-order valence-electron chi connectivity index (χ4n) is 4.04. The van der Waals surface area contributed by atoms with Gasteiger partial charge in [-0.25, -0.2) is 4.79 Å². The van der Waals surface area contributed by atoms with Crippen molar-refractivity contribution >= 4 is 17.8 Å². The van der Waals surface area contributed by atoms with Crippen molar-refractivity contribution in [1.29, 1.82) is 0 Å². The van der Waals surface area contributed by atoms with Crippen LogP contribution >= 0.6 is 0 Å². The zero-order valence-corrected chi connectivity index (χ0v) is 16.1. The molecule has 152 valence electrons. The van der Waals surface area contributed by atoms with E-state index in [1.165, 1.54) is 6.26 Å². The lowest BCUT2D eigenvalue weighted by molar-refractivity contribution is -0.135. The van der Waals surface area contributed by atoms with E-state index in [-0.39, 0.29) is 37.2 Å². The Morgan fingerprint density at radius 3 is 2.90 bits per heavy atom. The maximum absolute atomic E-state index is 12.9. The standard InChI is InChI=1S/C21H24N4O4/c26-19(24-11-2-1-7-18(24)15-5-3-10-22-13-15)9-8-17-20(27)25(21(28)23-17)14-16-6-4-12-29-16/h3-6,10,12-13,17-18H,1-2,7-9,11,14H2,(H,23,28)/t17?,18-/m0/s1. The highest BCUT2D eigenvalue weighted by Crippen LogP contribution is 2.31. The Morgan fingerprint density at radius 1 is 1.24 bits per heavy atom. The topological polar surface area (TPSA) is 95.8 Å². The van der Waals surface area contributed by atoms with E-state index in [4.69, 9.17) is 4.42 Å². The summed E-state index contributed by atoms with van der Waals surface area (Å²) in [5, 5.41) is 2.68. The molecule has 0 saturated carbocycles. The molecule has 2 saturated heterocycles. The first-order valence-corrected chi connectivity index (χ1v) is 9.97. The summed E-state index contributed by atoms with van der Waals surface area (Å²) in [7, 11) is 0. The quantitative estimate of drug-likeness (QED) is 0.758. The average molecular weight is 396 g/mol. The van der Waals surface area contributed by atoms with Gasteiger partial charge >= 0.3 is 6.03 Å². The lowest BCUT2D eigenvalue weighted by Crippen LogP contribution is -2.39. The molecule has 2 aromatic heterocycles. The number of amides is 4. The van der Waals surface area contributed by atoms with Crippen LogP contribution < -0.4 is 5.32 Å². The molecule has 4 rings (SSSR count). The monoisotopic (exact) mass is 396 g/mol. The van der Waals surface area contributed by atoms with E-state index in [1.54, 1.807) is 18.3 Å². The molecule has 1 N–H and O–H groups in total. The molecule has 2 fully saturated rings. The summed E-state index contributed by atoms with van der Waals surface area (Å²) < 4.78 is 5.22. The Morgan fingerprint density at radius 2 is 2.14 bits per heavy atom. The van der Waals surface area contributed by atoms with Gasteiger partial charge in [0, 0.05) is 25.4 Å². The van der Waals surface area contributed by atoms with Crippen molar-refractivity contribution in [2.24, 2.45) is 0 Å². The number of rotatable bonds is 6. The van der Waals surface area contributed by atoms with Crippen molar-refractivity contribution < 1.29 is 18.8 Å². The van der Waals surface area contributed by atoms with E-state index >= 15 is 0 Å². The Balaban J connectivity index is 1.36. The van der Waals surface area contributed by atoms with Gasteiger partial charge < -0.3 is 14.6 Å². The molecule has 8 nitrogen and oxygen atoms in total. The molecule has 2 atom stereocenters. The summed E-state index contributed by atoms with van der Waals surface area (Å²) in [6, 6.07) is 6.20. The summed E-state index contributed by atoms with van der Waals surface area (Å²) in [5.41, 5.74) is 1.04. The first kappa shape index (κ1) is 19.2. The Kier molecular flexibility index (Phi) is 5.59. The lowest BCUT2D eigenvalue weighted by Gasteiger charge is -2.36. The molecule has 29 heavy (non-hydrogen) atoms. The second-order valence-corrected chi connectivity index (χ2v) is 7.43. The maximum atomic E-state index is 12.9. The van der Waals surface area contributed by atoms with Gasteiger partial charge in [0.05, 0.1) is 18.8 Å². The predicted molar refractivity (Wildman–Crippen MR) is 103 cm³/mol. The van der Waals surface area contributed by atoms with Gasteiger partial charge in [-0.3, -0.25) is 19.5 Å². The van der Waals surface area contributed by atoms with Crippen molar-refractivity contribution in [3.05, 3.63) is 54.2 Å². The predicted octanol–water partition coefficient (Wildman–Crippen LogP) is 2.63. The summed E-state index contributed by atoms with van der Waals surface area (Å²) in [4.78, 5) is 44.9. The Labute approximate surface area is 168 Å². The van der Waals surface area contributed by atoms with Crippen molar-refractivity contribution in [1.82, 2.24) is 20.1 Å². The summed E-state index contributed by atoms with van der Waals surface area (Å²) >= 11 is 0. The molecule has 1 unspecified atom stereocenters. The number of nitrogens with one attached hydrogen (secondary N) is 1. The first-order chi connectivity index (χ1) is 14.1. The number of urea groups is 1. The highest BCUT2D eigenvalue weighted by atomic mass is 16.3. The van der Waals surface area contributed by atoms with Crippen molar-refractivity contribution in [2.75, 3.05) is 6.54 Å². The lowest BCUT2D eigenvalue weighted by atomic mass is 9.95. The van der Waals surface area contributed by atoms with Crippen LogP contribution in [0.4, 0.5) is 4.79 Å². The molecule has 4 amide bonds. The molecule has 2 aliphatic rings. The number of imide groups is 1. The summed E-state index contributed by atoms with van der Waals surface area (Å²) in [5.74, 6) is 0.226. The third-order valence-corrected chi connectivity index (χ3v) is 5.54. The van der Waals surface area contributed by atoms with Gasteiger partial charge in [0.2, 0.25) is 5.91 Å². The minimum Gasteiger partial charge on any atom is -0.467 e. The fraction of sp³-hybridized carbons (Fsp3) is 0.429. The van der Waals surface area contributed by atoms with Crippen LogP contribution in [0.3, 0.4) is 0 Å². The van der Waals surface area contributed by atoms with E-state index < -0.39 is 12.1 Å². The van der Waals surface area contributed by atoms with Crippen LogP contribution in [0.25, 0.3) is 0 Å². The molecule has 0 radical (unpaired) electrons. The van der Waals surface area contributed by atoms with E-state index in [9.17, 15) is 14.4 Å². The number of hydrogen-bond donors (Lipinski definition) is 1. The van der Waals surface area contributed by atoms with Gasteiger partial charge in [0.15, 0.2) is 0 Å². The van der Waals surface area contributed by atoms with Crippen LogP contribution in [0.1, 0.15) is 49.5 Å². The van der Waals surface area contributed by atoms with E-state index in [2.05, 4.69) is 10.3 Å². The summed E-state index contributed by atoms with van der Waals surface area (Å²) in [6.07, 6.45) is 8.48. The second-order valence-electron chi connectivity index (χ2n) is 7.43. The number of aromatic nitrogens is 1. The molecule has 8 heteroatoms. The molecule has 2 aliphatic heterocycles. The van der Waals surface area contributed by atoms with Crippen molar-refractivity contribution in [3.8, 4) is 0 Å². The van der Waals surface area contributed by atoms with Crippen LogP contribution in [0.2, 0.25) is 0 Å². The average Bonchev–Trinajstić information content (AvgIpc) is 3.36. The Bertz CT molecular complexity index is 868. The van der Waals surface area contributed by atoms with Crippen LogP contribution in [0.15, 0.2) is 47.3 Å². The molecule has 2 aromatic rings. The van der Waals surface area contributed by atoms with Gasteiger partial charge in [-0.05, 0) is 49.4 Å². The molecular formula is C21H24N4O4. The number of carbonyl (C=O) groups is 3. The molecule has 0 aliphatic carbocycles. The fourth-order valence-corrected chi connectivity index (χ4v) is 4.04. The molecule has 0 spiro atoms. The minimum absolute atomic E-state index is 0.00471. The van der Waals surface area contributed by atoms with Crippen molar-refractivity contribution in [3.63, 3.8) is 0 Å². The SMILES string of the molecule is O=C1NC(CCC(=O)N2CCCC[C@H]2c2cccnc2)C(=O)N1Cc1ccco1. The molecule has 4 heterocycles. The van der Waals surface area contributed by atoms with Crippen LogP contribution in [0, 0.1) is 0 Å². The van der Waals surface area contributed by atoms with Crippen molar-refractivity contribution in [2.45, 2.75) is 50.7 Å². The summed E-state index contributed by atoms with van der Waals surface area (Å²) in [6.45, 7) is 0.797. The highest BCUT2D eigenvalue weighted by molar-refractivity contribution is 6.04. The van der Waals surface area contributed by atoms with E-state index in [0.717, 1.165) is 29.7 Å². The largest absolute Gasteiger partial charge is 0.467 e. The van der Waals surface area contributed by atoms with Gasteiger partial charge in [0.25, 0.3) is 5.91 Å². The highest BCUT2D eigenvalue weighted by Gasteiger charge is 2.39. The first-order valence-electron chi connectivity index (χ1n) is 9.97. The van der Waals surface area contributed by atoms with Gasteiger partial charge in [-0.15, -0.1) is 0 Å². The minimum atomic E-state index is -0.678. The number of carbonyl (C=O) groups excluding carboxylic acids is 3. The maximum Gasteiger partial charge on any atom is 0.325 e. The third-order valence-electron chi connectivity index (χ3n) is 5.54.